The van der Waals surface area contributed by atoms with Crippen LogP contribution >= 0.6 is 27.5 Å². The number of hydrogen-bond acceptors (Lipinski definition) is 7. The van der Waals surface area contributed by atoms with Crippen molar-refractivity contribution in [3.63, 3.8) is 0 Å². The Hall–Kier alpha value is -2.23. The number of aliphatic hydroxyl groups excluding tert-OH is 2. The number of furan rings is 1. The van der Waals surface area contributed by atoms with Crippen LogP contribution in [-0.2, 0) is 5.54 Å². The summed E-state index contributed by atoms with van der Waals surface area (Å²) in [6.45, 7) is -0.889. The van der Waals surface area contributed by atoms with Gasteiger partial charge in [-0.2, -0.15) is 4.98 Å². The van der Waals surface area contributed by atoms with Gasteiger partial charge in [-0.3, -0.25) is 0 Å². The van der Waals surface area contributed by atoms with Crippen LogP contribution in [0.2, 0.25) is 5.02 Å². The third kappa shape index (κ3) is 3.34. The van der Waals surface area contributed by atoms with E-state index in [1.165, 1.54) is 0 Å². The van der Waals surface area contributed by atoms with E-state index in [1.54, 1.807) is 24.3 Å². The molecule has 2 heterocycles. The molecule has 0 saturated carbocycles. The molecule has 28 heavy (non-hydrogen) atoms. The molecule has 144 valence electrons. The molecule has 7 nitrogen and oxygen atoms in total. The molecule has 0 aliphatic heterocycles. The normalized spacial score (nSPS) is 12.0. The summed E-state index contributed by atoms with van der Waals surface area (Å²) in [5.74, 6) is 1.05. The van der Waals surface area contributed by atoms with Crippen molar-refractivity contribution >= 4 is 38.5 Å². The summed E-state index contributed by atoms with van der Waals surface area (Å²) in [4.78, 5) is 4.43. The van der Waals surface area contributed by atoms with Crippen molar-refractivity contribution in [1.82, 2.24) is 10.1 Å². The van der Waals surface area contributed by atoms with Crippen molar-refractivity contribution in [2.75, 3.05) is 13.2 Å². The highest BCUT2D eigenvalue weighted by atomic mass is 79.9. The van der Waals surface area contributed by atoms with Crippen molar-refractivity contribution in [3.05, 3.63) is 57.7 Å². The fourth-order valence-electron chi connectivity index (χ4n) is 2.72. The number of hydrogen-bond donors (Lipinski definition) is 3. The number of fused-ring (bicyclic) bond motifs is 1. The minimum atomic E-state index is -1.35. The maximum Gasteiger partial charge on any atom is 0.258 e. The van der Waals surface area contributed by atoms with Crippen LogP contribution in [0.15, 0.2) is 55.9 Å². The molecule has 0 aliphatic carbocycles. The number of aliphatic hydroxyl groups is 2. The molecule has 0 bridgehead atoms. The fraction of sp³-hybridized carbons (Fsp3) is 0.158. The Morgan fingerprint density at radius 2 is 1.82 bits per heavy atom. The number of benzene rings is 2. The Labute approximate surface area is 172 Å². The lowest BCUT2D eigenvalue weighted by Gasteiger charge is -2.21. The topological polar surface area (TPSA) is 119 Å². The quantitative estimate of drug-likeness (QED) is 0.412. The van der Waals surface area contributed by atoms with Gasteiger partial charge < -0.3 is 24.9 Å². The second kappa shape index (κ2) is 7.31. The van der Waals surface area contributed by atoms with E-state index >= 15 is 0 Å². The Balaban J connectivity index is 1.70. The molecule has 0 spiro atoms. The monoisotopic (exact) mass is 463 g/mol. The molecule has 2 aromatic carbocycles. The second-order valence-corrected chi connectivity index (χ2v) is 7.65. The first-order valence-electron chi connectivity index (χ1n) is 8.28. The van der Waals surface area contributed by atoms with E-state index < -0.39 is 18.8 Å². The van der Waals surface area contributed by atoms with Gasteiger partial charge in [0.1, 0.15) is 16.9 Å². The van der Waals surface area contributed by atoms with Crippen molar-refractivity contribution in [2.24, 2.45) is 5.73 Å². The standard InChI is InChI=1S/C19H15BrClN3O4/c20-13-3-1-11(6-14(13)21)18-23-17(24-28-18)10-2-4-15-12(5-10)7-16(27-15)19(22,8-25)9-26/h1-7,25-26H,8-9,22H2. The minimum absolute atomic E-state index is 0.294. The van der Waals surface area contributed by atoms with E-state index in [0.717, 1.165) is 9.86 Å². The zero-order valence-electron chi connectivity index (χ0n) is 14.4. The van der Waals surface area contributed by atoms with Crippen molar-refractivity contribution in [3.8, 4) is 22.8 Å². The zero-order chi connectivity index (χ0) is 19.9. The Kier molecular flexibility index (Phi) is 4.98. The first kappa shape index (κ1) is 19.1. The number of halogens is 2. The molecule has 0 fully saturated rings. The number of aromatic nitrogens is 2. The Bertz CT molecular complexity index is 1150. The zero-order valence-corrected chi connectivity index (χ0v) is 16.7. The molecule has 9 heteroatoms. The van der Waals surface area contributed by atoms with E-state index in [1.807, 2.05) is 18.2 Å². The van der Waals surface area contributed by atoms with Crippen LogP contribution in [0.25, 0.3) is 33.8 Å². The van der Waals surface area contributed by atoms with E-state index in [-0.39, 0.29) is 0 Å². The van der Waals surface area contributed by atoms with Gasteiger partial charge in [-0.1, -0.05) is 16.8 Å². The van der Waals surface area contributed by atoms with E-state index in [0.29, 0.717) is 39.2 Å². The van der Waals surface area contributed by atoms with Gasteiger partial charge in [0.15, 0.2) is 0 Å². The molecule has 0 unspecified atom stereocenters. The van der Waals surface area contributed by atoms with Gasteiger partial charge >= 0.3 is 0 Å². The summed E-state index contributed by atoms with van der Waals surface area (Å²) < 4.78 is 11.8. The van der Waals surface area contributed by atoms with Gasteiger partial charge in [-0.15, -0.1) is 0 Å². The van der Waals surface area contributed by atoms with E-state index in [9.17, 15) is 10.2 Å². The van der Waals surface area contributed by atoms with Crippen LogP contribution in [0.1, 0.15) is 5.76 Å². The summed E-state index contributed by atoms with van der Waals surface area (Å²) in [7, 11) is 0. The molecule has 2 aromatic heterocycles. The summed E-state index contributed by atoms with van der Waals surface area (Å²) in [6, 6.07) is 12.4. The van der Waals surface area contributed by atoms with Gasteiger partial charge in [0.25, 0.3) is 5.89 Å². The summed E-state index contributed by atoms with van der Waals surface area (Å²) >= 11 is 9.47. The Morgan fingerprint density at radius 3 is 2.54 bits per heavy atom. The maximum atomic E-state index is 9.45. The third-order valence-electron chi connectivity index (χ3n) is 4.42. The highest BCUT2D eigenvalue weighted by Gasteiger charge is 2.30. The second-order valence-electron chi connectivity index (χ2n) is 6.39. The van der Waals surface area contributed by atoms with Crippen molar-refractivity contribution in [2.45, 2.75) is 5.54 Å². The Morgan fingerprint density at radius 1 is 1.07 bits per heavy atom. The molecule has 0 aliphatic rings. The minimum Gasteiger partial charge on any atom is -0.459 e. The van der Waals surface area contributed by atoms with Gasteiger partial charge in [-0.25, -0.2) is 0 Å². The molecular formula is C19H15BrClN3O4. The number of rotatable bonds is 5. The lowest BCUT2D eigenvalue weighted by atomic mass is 10.00. The molecule has 4 rings (SSSR count). The van der Waals surface area contributed by atoms with Gasteiger partial charge in [0, 0.05) is 21.0 Å². The van der Waals surface area contributed by atoms with Crippen molar-refractivity contribution < 1.29 is 19.2 Å². The van der Waals surface area contributed by atoms with Crippen LogP contribution in [0, 0.1) is 0 Å². The first-order chi connectivity index (χ1) is 13.4. The van der Waals surface area contributed by atoms with Crippen LogP contribution < -0.4 is 5.73 Å². The van der Waals surface area contributed by atoms with Gasteiger partial charge in [-0.05, 0) is 58.4 Å². The maximum absolute atomic E-state index is 9.45. The summed E-state index contributed by atoms with van der Waals surface area (Å²) in [5, 5.41) is 24.2. The SMILES string of the molecule is NC(CO)(CO)c1cc2cc(-c3noc(-c4ccc(Br)c(Cl)c4)n3)ccc2o1. The van der Waals surface area contributed by atoms with Crippen molar-refractivity contribution in [1.29, 1.82) is 0 Å². The lowest BCUT2D eigenvalue weighted by molar-refractivity contribution is 0.105. The predicted octanol–water partition coefficient (Wildman–Crippen LogP) is 3.70. The summed E-state index contributed by atoms with van der Waals surface area (Å²) in [5.41, 5.74) is 6.62. The highest BCUT2D eigenvalue weighted by Crippen LogP contribution is 2.31. The van der Waals surface area contributed by atoms with Crippen LogP contribution in [-0.4, -0.2) is 33.6 Å². The fourth-order valence-corrected chi connectivity index (χ4v) is 3.15. The average Bonchev–Trinajstić information content (AvgIpc) is 3.36. The van der Waals surface area contributed by atoms with Gasteiger partial charge in [0.05, 0.1) is 18.2 Å². The highest BCUT2D eigenvalue weighted by molar-refractivity contribution is 9.10. The average molecular weight is 465 g/mol. The molecular weight excluding hydrogens is 450 g/mol. The lowest BCUT2D eigenvalue weighted by Crippen LogP contribution is -2.43. The van der Waals surface area contributed by atoms with Crippen LogP contribution in [0.4, 0.5) is 0 Å². The molecule has 4 aromatic rings. The molecule has 0 saturated heterocycles. The molecule has 0 radical (unpaired) electrons. The third-order valence-corrected chi connectivity index (χ3v) is 5.65. The predicted molar refractivity (Wildman–Crippen MR) is 108 cm³/mol. The first-order valence-corrected chi connectivity index (χ1v) is 9.45. The smallest absolute Gasteiger partial charge is 0.258 e. The largest absolute Gasteiger partial charge is 0.459 e. The molecule has 0 amide bonds. The van der Waals surface area contributed by atoms with Crippen LogP contribution in [0.3, 0.4) is 0 Å². The molecule has 4 N–H and O–H groups in total. The molecule has 0 atom stereocenters. The van der Waals surface area contributed by atoms with Crippen LogP contribution in [0.5, 0.6) is 0 Å². The van der Waals surface area contributed by atoms with E-state index in [2.05, 4.69) is 26.1 Å². The van der Waals surface area contributed by atoms with E-state index in [4.69, 9.17) is 26.3 Å². The number of nitrogens with zero attached hydrogens (tertiary/aromatic N) is 2. The summed E-state index contributed by atoms with van der Waals surface area (Å²) in [6.07, 6.45) is 0. The van der Waals surface area contributed by atoms with Gasteiger partial charge in [0.2, 0.25) is 5.82 Å². The number of nitrogens with two attached hydrogens (primary N) is 1.